The largest absolute Gasteiger partial charge is 0.394 e. The second-order valence-electron chi connectivity index (χ2n) is 6.32. The van der Waals surface area contributed by atoms with Crippen LogP contribution >= 0.6 is 0 Å². The Labute approximate surface area is 111 Å². The molecule has 3 heteroatoms. The van der Waals surface area contributed by atoms with Crippen LogP contribution in [0.25, 0.3) is 0 Å². The number of rotatable bonds is 6. The molecule has 1 saturated carbocycles. The van der Waals surface area contributed by atoms with E-state index in [0.29, 0.717) is 12.7 Å². The minimum atomic E-state index is 0.0169. The molecule has 0 aromatic rings. The molecule has 2 rings (SSSR count). The van der Waals surface area contributed by atoms with Crippen LogP contribution in [0.5, 0.6) is 0 Å². The monoisotopic (exact) mass is 255 g/mol. The molecule has 2 fully saturated rings. The molecule has 0 radical (unpaired) electrons. The van der Waals surface area contributed by atoms with Crippen molar-refractivity contribution in [2.24, 2.45) is 5.92 Å². The van der Waals surface area contributed by atoms with Crippen LogP contribution in [0.2, 0.25) is 0 Å². The fourth-order valence-electron chi connectivity index (χ4n) is 3.26. The first-order chi connectivity index (χ1) is 8.74. The standard InChI is InChI=1S/C15H29NO2/c1-13-6-8-15(12-17,9-7-13)16-10-2-4-14-5-3-11-18-14/h13-14,16-17H,2-12H2,1H3. The average molecular weight is 255 g/mol. The third kappa shape index (κ3) is 3.94. The Morgan fingerprint density at radius 3 is 2.67 bits per heavy atom. The average Bonchev–Trinajstić information content (AvgIpc) is 2.90. The number of aliphatic hydroxyl groups is 1. The summed E-state index contributed by atoms with van der Waals surface area (Å²) in [4.78, 5) is 0. The maximum absolute atomic E-state index is 9.65. The van der Waals surface area contributed by atoms with E-state index in [-0.39, 0.29) is 5.54 Å². The highest BCUT2D eigenvalue weighted by Gasteiger charge is 2.32. The summed E-state index contributed by atoms with van der Waals surface area (Å²) in [6.45, 7) is 4.59. The van der Waals surface area contributed by atoms with Crippen molar-refractivity contribution in [1.29, 1.82) is 0 Å². The van der Waals surface area contributed by atoms with Gasteiger partial charge in [-0.1, -0.05) is 6.92 Å². The summed E-state index contributed by atoms with van der Waals surface area (Å²) in [5.74, 6) is 0.832. The van der Waals surface area contributed by atoms with Gasteiger partial charge in [0.05, 0.1) is 12.7 Å². The number of hydrogen-bond donors (Lipinski definition) is 2. The van der Waals surface area contributed by atoms with Crippen molar-refractivity contribution >= 4 is 0 Å². The summed E-state index contributed by atoms with van der Waals surface area (Å²) in [6.07, 6.45) is 10.1. The predicted octanol–water partition coefficient (Wildman–Crippen LogP) is 2.48. The Kier molecular flexibility index (Phi) is 5.46. The van der Waals surface area contributed by atoms with Gasteiger partial charge in [-0.3, -0.25) is 0 Å². The first-order valence-corrected chi connectivity index (χ1v) is 7.72. The maximum atomic E-state index is 9.65. The molecule has 2 aliphatic rings. The van der Waals surface area contributed by atoms with E-state index in [2.05, 4.69) is 12.2 Å². The van der Waals surface area contributed by atoms with E-state index in [0.717, 1.165) is 31.9 Å². The van der Waals surface area contributed by atoms with Gasteiger partial charge < -0.3 is 15.2 Å². The fourth-order valence-corrected chi connectivity index (χ4v) is 3.26. The van der Waals surface area contributed by atoms with Gasteiger partial charge in [0.1, 0.15) is 0 Å². The van der Waals surface area contributed by atoms with Crippen LogP contribution in [0.4, 0.5) is 0 Å². The van der Waals surface area contributed by atoms with E-state index in [1.54, 1.807) is 0 Å². The molecule has 0 bridgehead atoms. The summed E-state index contributed by atoms with van der Waals surface area (Å²) in [5, 5.41) is 13.3. The van der Waals surface area contributed by atoms with Crippen molar-refractivity contribution in [2.45, 2.75) is 69.9 Å². The molecule has 1 aliphatic heterocycles. The van der Waals surface area contributed by atoms with Crippen LogP contribution < -0.4 is 5.32 Å². The normalized spacial score (nSPS) is 37.0. The van der Waals surface area contributed by atoms with Crippen molar-refractivity contribution in [3.05, 3.63) is 0 Å². The smallest absolute Gasteiger partial charge is 0.0613 e. The summed E-state index contributed by atoms with van der Waals surface area (Å²) in [7, 11) is 0. The van der Waals surface area contributed by atoms with Crippen molar-refractivity contribution in [2.75, 3.05) is 19.8 Å². The lowest BCUT2D eigenvalue weighted by molar-refractivity contribution is 0.0920. The molecule has 1 saturated heterocycles. The van der Waals surface area contributed by atoms with Gasteiger partial charge in [-0.25, -0.2) is 0 Å². The molecule has 0 amide bonds. The van der Waals surface area contributed by atoms with E-state index in [1.165, 1.54) is 38.5 Å². The molecule has 0 spiro atoms. The van der Waals surface area contributed by atoms with Crippen LogP contribution in [0.15, 0.2) is 0 Å². The second-order valence-corrected chi connectivity index (χ2v) is 6.32. The van der Waals surface area contributed by atoms with E-state index in [1.807, 2.05) is 0 Å². The zero-order chi connectivity index (χ0) is 12.8. The highest BCUT2D eigenvalue weighted by molar-refractivity contribution is 4.91. The highest BCUT2D eigenvalue weighted by Crippen LogP contribution is 2.31. The lowest BCUT2D eigenvalue weighted by atomic mass is 9.77. The van der Waals surface area contributed by atoms with Gasteiger partial charge in [0.15, 0.2) is 0 Å². The number of ether oxygens (including phenoxy) is 1. The minimum absolute atomic E-state index is 0.0169. The van der Waals surface area contributed by atoms with Crippen LogP contribution in [-0.2, 0) is 4.74 Å². The van der Waals surface area contributed by atoms with Gasteiger partial charge in [-0.05, 0) is 63.8 Å². The molecular formula is C15H29NO2. The van der Waals surface area contributed by atoms with E-state index < -0.39 is 0 Å². The molecule has 1 unspecified atom stereocenters. The van der Waals surface area contributed by atoms with Gasteiger partial charge in [0, 0.05) is 12.1 Å². The van der Waals surface area contributed by atoms with Crippen LogP contribution in [0.3, 0.4) is 0 Å². The number of hydrogen-bond acceptors (Lipinski definition) is 3. The Hall–Kier alpha value is -0.120. The maximum Gasteiger partial charge on any atom is 0.0613 e. The molecule has 3 nitrogen and oxygen atoms in total. The quantitative estimate of drug-likeness (QED) is 0.716. The zero-order valence-electron chi connectivity index (χ0n) is 11.8. The van der Waals surface area contributed by atoms with Gasteiger partial charge in [-0.15, -0.1) is 0 Å². The minimum Gasteiger partial charge on any atom is -0.394 e. The molecule has 1 aliphatic carbocycles. The molecular weight excluding hydrogens is 226 g/mol. The van der Waals surface area contributed by atoms with Gasteiger partial charge in [0.25, 0.3) is 0 Å². The second kappa shape index (κ2) is 6.88. The first-order valence-electron chi connectivity index (χ1n) is 7.72. The zero-order valence-corrected chi connectivity index (χ0v) is 11.8. The van der Waals surface area contributed by atoms with E-state index >= 15 is 0 Å². The predicted molar refractivity (Wildman–Crippen MR) is 73.7 cm³/mol. The summed E-state index contributed by atoms with van der Waals surface area (Å²) in [5.41, 5.74) is 0.0169. The number of aliphatic hydroxyl groups excluding tert-OH is 1. The molecule has 1 atom stereocenters. The Balaban J connectivity index is 1.64. The lowest BCUT2D eigenvalue weighted by Gasteiger charge is -2.39. The van der Waals surface area contributed by atoms with Crippen molar-refractivity contribution in [1.82, 2.24) is 5.32 Å². The SMILES string of the molecule is CC1CCC(CO)(NCCCC2CCCO2)CC1. The van der Waals surface area contributed by atoms with E-state index in [9.17, 15) is 5.11 Å². The van der Waals surface area contributed by atoms with Gasteiger partial charge in [-0.2, -0.15) is 0 Å². The van der Waals surface area contributed by atoms with Crippen LogP contribution in [0, 0.1) is 5.92 Å². The third-order valence-electron chi connectivity index (χ3n) is 4.76. The molecule has 18 heavy (non-hydrogen) atoms. The van der Waals surface area contributed by atoms with Crippen molar-refractivity contribution in [3.63, 3.8) is 0 Å². The lowest BCUT2D eigenvalue weighted by Crippen LogP contribution is -2.51. The molecule has 106 valence electrons. The van der Waals surface area contributed by atoms with Crippen molar-refractivity contribution in [3.8, 4) is 0 Å². The molecule has 0 aromatic heterocycles. The fraction of sp³-hybridized carbons (Fsp3) is 1.00. The van der Waals surface area contributed by atoms with Gasteiger partial charge in [0.2, 0.25) is 0 Å². The number of nitrogens with one attached hydrogen (secondary N) is 1. The van der Waals surface area contributed by atoms with Crippen molar-refractivity contribution < 1.29 is 9.84 Å². The Morgan fingerprint density at radius 2 is 2.06 bits per heavy atom. The molecule has 0 aromatic carbocycles. The summed E-state index contributed by atoms with van der Waals surface area (Å²) >= 11 is 0. The third-order valence-corrected chi connectivity index (χ3v) is 4.76. The van der Waals surface area contributed by atoms with Gasteiger partial charge >= 0.3 is 0 Å². The summed E-state index contributed by atoms with van der Waals surface area (Å²) in [6, 6.07) is 0. The Morgan fingerprint density at radius 1 is 1.28 bits per heavy atom. The summed E-state index contributed by atoms with van der Waals surface area (Å²) < 4.78 is 5.63. The highest BCUT2D eigenvalue weighted by atomic mass is 16.5. The van der Waals surface area contributed by atoms with Crippen LogP contribution in [0.1, 0.15) is 58.3 Å². The molecule has 1 heterocycles. The first kappa shape index (κ1) is 14.3. The van der Waals surface area contributed by atoms with E-state index in [4.69, 9.17) is 4.74 Å². The topological polar surface area (TPSA) is 41.5 Å². The van der Waals surface area contributed by atoms with Crippen LogP contribution in [-0.4, -0.2) is 36.5 Å². The Bertz CT molecular complexity index is 231. The molecule has 2 N–H and O–H groups in total.